The molecule has 3 rings (SSSR count). The topological polar surface area (TPSA) is 126 Å². The summed E-state index contributed by atoms with van der Waals surface area (Å²) < 4.78 is 10.5. The van der Waals surface area contributed by atoms with E-state index >= 15 is 0 Å². The first-order chi connectivity index (χ1) is 11.4. The van der Waals surface area contributed by atoms with Crippen LogP contribution in [0.3, 0.4) is 0 Å². The molecular formula is C16H10N2O6. The molecule has 24 heavy (non-hydrogen) atoms. The van der Waals surface area contributed by atoms with Crippen molar-refractivity contribution >= 4 is 22.6 Å². The van der Waals surface area contributed by atoms with Gasteiger partial charge in [0.2, 0.25) is 11.7 Å². The number of benzene rings is 2. The quantitative estimate of drug-likeness (QED) is 0.446. The highest BCUT2D eigenvalue weighted by Gasteiger charge is 2.18. The highest BCUT2D eigenvalue weighted by atomic mass is 16.6. The Morgan fingerprint density at radius 1 is 1.12 bits per heavy atom. The molecule has 0 spiro atoms. The second-order valence-electron chi connectivity index (χ2n) is 4.86. The van der Waals surface area contributed by atoms with Crippen molar-refractivity contribution in [1.29, 1.82) is 0 Å². The third-order valence-corrected chi connectivity index (χ3v) is 3.26. The summed E-state index contributed by atoms with van der Waals surface area (Å²) in [6, 6.07) is 11.2. The lowest BCUT2D eigenvalue weighted by molar-refractivity contribution is -0.385. The molecule has 0 fully saturated rings. The zero-order valence-electron chi connectivity index (χ0n) is 12.1. The van der Waals surface area contributed by atoms with Gasteiger partial charge < -0.3 is 14.9 Å². The van der Waals surface area contributed by atoms with E-state index in [1.807, 2.05) is 0 Å². The molecule has 1 amide bonds. The van der Waals surface area contributed by atoms with Gasteiger partial charge in [-0.2, -0.15) is 0 Å². The third-order valence-electron chi connectivity index (χ3n) is 3.26. The zero-order chi connectivity index (χ0) is 17.3. The first-order valence-electron chi connectivity index (χ1n) is 6.74. The van der Waals surface area contributed by atoms with E-state index in [4.69, 9.17) is 14.9 Å². The summed E-state index contributed by atoms with van der Waals surface area (Å²) in [6.45, 7) is 0. The van der Waals surface area contributed by atoms with Crippen LogP contribution in [0.15, 0.2) is 57.7 Å². The van der Waals surface area contributed by atoms with E-state index in [1.165, 1.54) is 24.3 Å². The van der Waals surface area contributed by atoms with E-state index in [9.17, 15) is 19.7 Å². The molecule has 1 aromatic heterocycles. The van der Waals surface area contributed by atoms with Crippen LogP contribution in [0.5, 0.6) is 11.5 Å². The van der Waals surface area contributed by atoms with E-state index < -0.39 is 22.1 Å². The Morgan fingerprint density at radius 2 is 1.88 bits per heavy atom. The molecule has 3 aromatic rings. The van der Waals surface area contributed by atoms with Crippen LogP contribution in [0, 0.1) is 10.1 Å². The standard InChI is InChI=1S/C16H10N2O6/c17-16(20)10-2-5-13(12(7-10)18(21)22)23-11-4-1-9-3-6-15(19)24-14(9)8-11/h1-8H,(H2,17,20). The highest BCUT2D eigenvalue weighted by Crippen LogP contribution is 2.33. The molecular weight excluding hydrogens is 316 g/mol. The molecule has 0 aliphatic heterocycles. The van der Waals surface area contributed by atoms with Gasteiger partial charge in [-0.25, -0.2) is 4.79 Å². The molecule has 2 N–H and O–H groups in total. The molecule has 0 saturated carbocycles. The Kier molecular flexibility index (Phi) is 3.70. The molecule has 0 unspecified atom stereocenters. The van der Waals surface area contributed by atoms with Crippen molar-refractivity contribution in [2.24, 2.45) is 5.73 Å². The predicted octanol–water partition coefficient (Wildman–Crippen LogP) is 2.59. The van der Waals surface area contributed by atoms with Crippen LogP contribution in [-0.4, -0.2) is 10.8 Å². The summed E-state index contributed by atoms with van der Waals surface area (Å²) in [5.41, 5.74) is 4.49. The van der Waals surface area contributed by atoms with Crippen LogP contribution in [0.4, 0.5) is 5.69 Å². The molecule has 2 aromatic carbocycles. The Balaban J connectivity index is 2.03. The number of carbonyl (C=O) groups excluding carboxylic acids is 1. The fraction of sp³-hybridized carbons (Fsp3) is 0. The minimum atomic E-state index is -0.780. The maximum absolute atomic E-state index is 11.3. The van der Waals surface area contributed by atoms with E-state index in [1.54, 1.807) is 18.2 Å². The number of carbonyl (C=O) groups is 1. The number of hydrogen-bond donors (Lipinski definition) is 1. The van der Waals surface area contributed by atoms with E-state index in [0.29, 0.717) is 5.39 Å². The molecule has 120 valence electrons. The summed E-state index contributed by atoms with van der Waals surface area (Å²) >= 11 is 0. The second kappa shape index (κ2) is 5.84. The summed E-state index contributed by atoms with van der Waals surface area (Å²) in [5, 5.41) is 11.8. The number of rotatable bonds is 4. The first kappa shape index (κ1) is 15.2. The van der Waals surface area contributed by atoms with Crippen molar-refractivity contribution in [3.8, 4) is 11.5 Å². The highest BCUT2D eigenvalue weighted by molar-refractivity contribution is 5.93. The minimum absolute atomic E-state index is 0.00134. The molecule has 8 nitrogen and oxygen atoms in total. The normalized spacial score (nSPS) is 10.5. The number of fused-ring (bicyclic) bond motifs is 1. The predicted molar refractivity (Wildman–Crippen MR) is 84.2 cm³/mol. The van der Waals surface area contributed by atoms with Crippen molar-refractivity contribution in [3.63, 3.8) is 0 Å². The van der Waals surface area contributed by atoms with Crippen LogP contribution in [0.25, 0.3) is 11.0 Å². The number of nitro groups is 1. The number of amides is 1. The Morgan fingerprint density at radius 3 is 2.58 bits per heavy atom. The molecule has 0 saturated heterocycles. The first-order valence-corrected chi connectivity index (χ1v) is 6.74. The zero-order valence-corrected chi connectivity index (χ0v) is 12.1. The SMILES string of the molecule is NC(=O)c1ccc(Oc2ccc3ccc(=O)oc3c2)c([N+](=O)[O-])c1. The average molecular weight is 326 g/mol. The van der Waals surface area contributed by atoms with Crippen LogP contribution in [-0.2, 0) is 0 Å². The molecule has 0 bridgehead atoms. The molecule has 0 radical (unpaired) electrons. The Hall–Kier alpha value is -3.68. The number of ether oxygens (including phenoxy) is 1. The van der Waals surface area contributed by atoms with Gasteiger partial charge in [0.25, 0.3) is 0 Å². The third kappa shape index (κ3) is 2.93. The van der Waals surface area contributed by atoms with E-state index in [-0.39, 0.29) is 22.6 Å². The van der Waals surface area contributed by atoms with Crippen molar-refractivity contribution in [2.75, 3.05) is 0 Å². The summed E-state index contributed by atoms with van der Waals surface area (Å²) in [5.74, 6) is -0.605. The summed E-state index contributed by atoms with van der Waals surface area (Å²) in [4.78, 5) is 32.9. The molecule has 0 aliphatic carbocycles. The van der Waals surface area contributed by atoms with Gasteiger partial charge in [-0.1, -0.05) is 0 Å². The maximum atomic E-state index is 11.3. The number of nitrogens with two attached hydrogens (primary N) is 1. The van der Waals surface area contributed by atoms with Crippen molar-refractivity contribution in [3.05, 3.63) is 74.6 Å². The summed E-state index contributed by atoms with van der Waals surface area (Å²) in [7, 11) is 0. The van der Waals surface area contributed by atoms with Crippen molar-refractivity contribution in [1.82, 2.24) is 0 Å². The van der Waals surface area contributed by atoms with Crippen LogP contribution in [0.2, 0.25) is 0 Å². The monoisotopic (exact) mass is 326 g/mol. The van der Waals surface area contributed by atoms with Gasteiger partial charge in [0.15, 0.2) is 0 Å². The molecule has 1 heterocycles. The molecule has 8 heteroatoms. The van der Waals surface area contributed by atoms with E-state index in [0.717, 1.165) is 6.07 Å². The van der Waals surface area contributed by atoms with Gasteiger partial charge in [0.05, 0.1) is 4.92 Å². The van der Waals surface area contributed by atoms with E-state index in [2.05, 4.69) is 0 Å². The second-order valence-corrected chi connectivity index (χ2v) is 4.86. The number of nitrogens with zero attached hydrogens (tertiary/aromatic N) is 1. The van der Waals surface area contributed by atoms with Crippen molar-refractivity contribution in [2.45, 2.75) is 0 Å². The lowest BCUT2D eigenvalue weighted by Gasteiger charge is -2.07. The molecule has 0 atom stereocenters. The fourth-order valence-electron chi connectivity index (χ4n) is 2.13. The van der Waals surface area contributed by atoms with Gasteiger partial charge in [-0.15, -0.1) is 0 Å². The fourth-order valence-corrected chi connectivity index (χ4v) is 2.13. The van der Waals surface area contributed by atoms with Crippen LogP contribution in [0.1, 0.15) is 10.4 Å². The van der Waals surface area contributed by atoms with Gasteiger partial charge >= 0.3 is 11.3 Å². The molecule has 0 aliphatic rings. The van der Waals surface area contributed by atoms with Gasteiger partial charge in [0, 0.05) is 29.1 Å². The smallest absolute Gasteiger partial charge is 0.336 e. The Bertz CT molecular complexity index is 1020. The maximum Gasteiger partial charge on any atom is 0.336 e. The number of primary amides is 1. The average Bonchev–Trinajstić information content (AvgIpc) is 2.54. The lowest BCUT2D eigenvalue weighted by Crippen LogP contribution is -2.11. The van der Waals surface area contributed by atoms with Gasteiger partial charge in [0.1, 0.15) is 11.3 Å². The summed E-state index contributed by atoms with van der Waals surface area (Å²) in [6.07, 6.45) is 0. The minimum Gasteiger partial charge on any atom is -0.450 e. The van der Waals surface area contributed by atoms with Crippen molar-refractivity contribution < 1.29 is 18.9 Å². The van der Waals surface area contributed by atoms with Gasteiger partial charge in [-0.3, -0.25) is 14.9 Å². The largest absolute Gasteiger partial charge is 0.450 e. The van der Waals surface area contributed by atoms with Gasteiger partial charge in [-0.05, 0) is 30.3 Å². The number of nitro benzene ring substituents is 1. The van der Waals surface area contributed by atoms with Crippen LogP contribution >= 0.6 is 0 Å². The Labute approximate surface area is 134 Å². The lowest BCUT2D eigenvalue weighted by atomic mass is 10.2. The number of hydrogen-bond acceptors (Lipinski definition) is 6. The van der Waals surface area contributed by atoms with Crippen LogP contribution < -0.4 is 16.1 Å².